The van der Waals surface area contributed by atoms with Crippen LogP contribution in [0.3, 0.4) is 0 Å². The van der Waals surface area contributed by atoms with Gasteiger partial charge in [-0.05, 0) is 56.0 Å². The average molecular weight is 415 g/mol. The minimum absolute atomic E-state index is 0.106. The molecule has 1 aromatic heterocycles. The minimum atomic E-state index is -3.68. The molecule has 0 atom stereocenters. The molecule has 2 N–H and O–H groups in total. The van der Waals surface area contributed by atoms with Crippen LogP contribution in [-0.2, 0) is 10.0 Å². The first-order valence-electron chi connectivity index (χ1n) is 8.74. The summed E-state index contributed by atoms with van der Waals surface area (Å²) in [6.07, 6.45) is 0. The lowest BCUT2D eigenvalue weighted by atomic mass is 10.1. The van der Waals surface area contributed by atoms with Crippen molar-refractivity contribution in [2.75, 3.05) is 5.32 Å². The molecule has 28 heavy (non-hydrogen) atoms. The highest BCUT2D eigenvalue weighted by molar-refractivity contribution is 7.89. The maximum absolute atomic E-state index is 12.8. The molecule has 1 amide bonds. The van der Waals surface area contributed by atoms with E-state index in [1.54, 1.807) is 32.9 Å². The van der Waals surface area contributed by atoms with Crippen LogP contribution in [-0.4, -0.2) is 19.9 Å². The van der Waals surface area contributed by atoms with Crippen LogP contribution < -0.4 is 10.0 Å². The summed E-state index contributed by atoms with van der Waals surface area (Å²) in [7, 11) is -3.68. The summed E-state index contributed by atoms with van der Waals surface area (Å²) in [5, 5.41) is 4.68. The van der Waals surface area contributed by atoms with Crippen molar-refractivity contribution in [2.45, 2.75) is 31.2 Å². The van der Waals surface area contributed by atoms with Crippen molar-refractivity contribution >= 4 is 33.0 Å². The topological polar surface area (TPSA) is 75.3 Å². The zero-order valence-corrected chi connectivity index (χ0v) is 17.5. The van der Waals surface area contributed by atoms with Crippen molar-refractivity contribution in [2.24, 2.45) is 0 Å². The van der Waals surface area contributed by atoms with E-state index in [0.717, 1.165) is 11.1 Å². The summed E-state index contributed by atoms with van der Waals surface area (Å²) in [4.78, 5) is 13.5. The number of carbonyl (C=O) groups excluding carboxylic acids is 1. The molecule has 7 heteroatoms. The molecule has 3 rings (SSSR count). The van der Waals surface area contributed by atoms with E-state index in [2.05, 4.69) is 10.0 Å². The third-order valence-corrected chi connectivity index (χ3v) is 6.47. The molecule has 1 heterocycles. The van der Waals surface area contributed by atoms with Gasteiger partial charge >= 0.3 is 0 Å². The van der Waals surface area contributed by atoms with Crippen molar-refractivity contribution < 1.29 is 13.2 Å². The standard InChI is InChI=1S/C21H22N2O3S2/c1-21(2,3)23-28(25,26)17-11-7-10-16(14-17)22-20(24)19-18(12-13-27-19)15-8-5-4-6-9-15/h4-14,23H,1-3H3,(H,22,24). The number of benzene rings is 2. The number of nitrogens with one attached hydrogen (secondary N) is 2. The lowest BCUT2D eigenvalue weighted by Gasteiger charge is -2.20. The molecule has 2 aromatic carbocycles. The Labute approximate surface area is 169 Å². The summed E-state index contributed by atoms with van der Waals surface area (Å²) in [5.41, 5.74) is 1.63. The molecule has 0 bridgehead atoms. The average Bonchev–Trinajstić information content (AvgIpc) is 3.11. The molecule has 0 aliphatic carbocycles. The second-order valence-corrected chi connectivity index (χ2v) is 9.97. The summed E-state index contributed by atoms with van der Waals surface area (Å²) >= 11 is 1.35. The largest absolute Gasteiger partial charge is 0.321 e. The van der Waals surface area contributed by atoms with Crippen LogP contribution in [0.5, 0.6) is 0 Å². The van der Waals surface area contributed by atoms with Crippen LogP contribution in [0.15, 0.2) is 70.9 Å². The fourth-order valence-electron chi connectivity index (χ4n) is 2.72. The van der Waals surface area contributed by atoms with Gasteiger partial charge in [0.1, 0.15) is 0 Å². The van der Waals surface area contributed by atoms with E-state index in [1.807, 2.05) is 41.8 Å². The van der Waals surface area contributed by atoms with E-state index in [1.165, 1.54) is 23.5 Å². The second kappa shape index (κ2) is 7.87. The monoisotopic (exact) mass is 414 g/mol. The Kier molecular flexibility index (Phi) is 5.69. The molecule has 0 saturated carbocycles. The van der Waals surface area contributed by atoms with Crippen LogP contribution in [0.4, 0.5) is 5.69 Å². The van der Waals surface area contributed by atoms with Crippen molar-refractivity contribution in [3.63, 3.8) is 0 Å². The van der Waals surface area contributed by atoms with Gasteiger partial charge in [-0.3, -0.25) is 4.79 Å². The van der Waals surface area contributed by atoms with Crippen LogP contribution >= 0.6 is 11.3 Å². The predicted molar refractivity (Wildman–Crippen MR) is 114 cm³/mol. The van der Waals surface area contributed by atoms with E-state index in [9.17, 15) is 13.2 Å². The number of amides is 1. The van der Waals surface area contributed by atoms with Crippen molar-refractivity contribution in [3.05, 3.63) is 70.9 Å². The SMILES string of the molecule is CC(C)(C)NS(=O)(=O)c1cccc(NC(=O)c2sccc2-c2ccccc2)c1. The number of carbonyl (C=O) groups is 1. The lowest BCUT2D eigenvalue weighted by Crippen LogP contribution is -2.40. The second-order valence-electron chi connectivity index (χ2n) is 7.37. The normalized spacial score (nSPS) is 12.0. The Morgan fingerprint density at radius 1 is 0.964 bits per heavy atom. The Hall–Kier alpha value is -2.48. The number of anilines is 1. The Morgan fingerprint density at radius 3 is 2.36 bits per heavy atom. The van der Waals surface area contributed by atoms with Gasteiger partial charge in [-0.15, -0.1) is 11.3 Å². The molecule has 0 unspecified atom stereocenters. The van der Waals surface area contributed by atoms with Gasteiger partial charge < -0.3 is 5.32 Å². The van der Waals surface area contributed by atoms with Crippen LogP contribution in [0, 0.1) is 0 Å². The third-order valence-electron chi connectivity index (χ3n) is 3.80. The van der Waals surface area contributed by atoms with Gasteiger partial charge in [-0.25, -0.2) is 13.1 Å². The molecule has 0 saturated heterocycles. The van der Waals surface area contributed by atoms with Gasteiger partial charge in [0.2, 0.25) is 10.0 Å². The zero-order valence-electron chi connectivity index (χ0n) is 15.9. The fourth-order valence-corrected chi connectivity index (χ4v) is 5.00. The number of rotatable bonds is 5. The highest BCUT2D eigenvalue weighted by atomic mass is 32.2. The maximum Gasteiger partial charge on any atom is 0.266 e. The third kappa shape index (κ3) is 4.86. The van der Waals surface area contributed by atoms with Crippen molar-refractivity contribution in [1.82, 2.24) is 4.72 Å². The van der Waals surface area contributed by atoms with Gasteiger partial charge in [0.25, 0.3) is 5.91 Å². The molecule has 3 aromatic rings. The Bertz CT molecular complexity index is 1080. The van der Waals surface area contributed by atoms with Crippen LogP contribution in [0.25, 0.3) is 11.1 Å². The minimum Gasteiger partial charge on any atom is -0.321 e. The Morgan fingerprint density at radius 2 is 1.68 bits per heavy atom. The molecule has 0 radical (unpaired) electrons. The molecular formula is C21H22N2O3S2. The molecule has 0 fully saturated rings. The number of sulfonamides is 1. The maximum atomic E-state index is 12.8. The van der Waals surface area contributed by atoms with E-state index in [0.29, 0.717) is 10.6 Å². The predicted octanol–water partition coefficient (Wildman–Crippen LogP) is 4.74. The summed E-state index contributed by atoms with van der Waals surface area (Å²) < 4.78 is 27.7. The number of hydrogen-bond acceptors (Lipinski definition) is 4. The first kappa shape index (κ1) is 20.3. The molecular weight excluding hydrogens is 392 g/mol. The summed E-state index contributed by atoms with van der Waals surface area (Å²) in [6.45, 7) is 5.33. The summed E-state index contributed by atoms with van der Waals surface area (Å²) in [6, 6.07) is 17.8. The molecule has 5 nitrogen and oxygen atoms in total. The molecule has 0 spiro atoms. The van der Waals surface area contributed by atoms with Crippen molar-refractivity contribution in [1.29, 1.82) is 0 Å². The van der Waals surface area contributed by atoms with Gasteiger partial charge in [-0.1, -0.05) is 36.4 Å². The Balaban J connectivity index is 1.84. The van der Waals surface area contributed by atoms with E-state index >= 15 is 0 Å². The highest BCUT2D eigenvalue weighted by Crippen LogP contribution is 2.29. The van der Waals surface area contributed by atoms with E-state index < -0.39 is 15.6 Å². The first-order valence-corrected chi connectivity index (χ1v) is 11.1. The first-order chi connectivity index (χ1) is 13.2. The smallest absolute Gasteiger partial charge is 0.266 e. The molecule has 0 aliphatic heterocycles. The molecule has 146 valence electrons. The van der Waals surface area contributed by atoms with Crippen LogP contribution in [0.1, 0.15) is 30.4 Å². The van der Waals surface area contributed by atoms with E-state index in [4.69, 9.17) is 0 Å². The number of thiophene rings is 1. The fraction of sp³-hybridized carbons (Fsp3) is 0.190. The quantitative estimate of drug-likeness (QED) is 0.633. The summed E-state index contributed by atoms with van der Waals surface area (Å²) in [5.74, 6) is -0.271. The molecule has 0 aliphatic rings. The lowest BCUT2D eigenvalue weighted by molar-refractivity contribution is 0.103. The van der Waals surface area contributed by atoms with Crippen molar-refractivity contribution in [3.8, 4) is 11.1 Å². The zero-order chi connectivity index (χ0) is 20.4. The van der Waals surface area contributed by atoms with Gasteiger partial charge in [0, 0.05) is 16.8 Å². The number of hydrogen-bond donors (Lipinski definition) is 2. The van der Waals surface area contributed by atoms with Gasteiger partial charge in [0.15, 0.2) is 0 Å². The van der Waals surface area contributed by atoms with E-state index in [-0.39, 0.29) is 10.8 Å². The van der Waals surface area contributed by atoms with Crippen LogP contribution in [0.2, 0.25) is 0 Å². The van der Waals surface area contributed by atoms with Gasteiger partial charge in [-0.2, -0.15) is 0 Å². The van der Waals surface area contributed by atoms with Gasteiger partial charge in [0.05, 0.1) is 9.77 Å². The highest BCUT2D eigenvalue weighted by Gasteiger charge is 2.22.